The highest BCUT2D eigenvalue weighted by molar-refractivity contribution is 7.99. The summed E-state index contributed by atoms with van der Waals surface area (Å²) < 4.78 is 0. The zero-order chi connectivity index (χ0) is 13.1. The van der Waals surface area contributed by atoms with E-state index in [1.165, 1.54) is 11.8 Å². The van der Waals surface area contributed by atoms with Crippen molar-refractivity contribution in [3.05, 3.63) is 17.5 Å². The number of carbonyl (C=O) groups is 1. The molecule has 17 heavy (non-hydrogen) atoms. The van der Waals surface area contributed by atoms with Gasteiger partial charge in [-0.1, -0.05) is 11.8 Å². The first-order valence-electron chi connectivity index (χ1n) is 5.50. The van der Waals surface area contributed by atoms with E-state index in [2.05, 4.69) is 9.97 Å². The number of thioether (sulfide) groups is 1. The second kappa shape index (κ2) is 5.49. The minimum absolute atomic E-state index is 0.601. The van der Waals surface area contributed by atoms with E-state index >= 15 is 0 Å². The Morgan fingerprint density at radius 2 is 1.88 bits per heavy atom. The third-order valence-corrected chi connectivity index (χ3v) is 3.35. The highest BCUT2D eigenvalue weighted by Crippen LogP contribution is 2.25. The Hall–Kier alpha value is -1.10. The molecule has 0 aliphatic rings. The number of rotatable bonds is 5. The highest BCUT2D eigenvalue weighted by Gasteiger charge is 2.26. The van der Waals surface area contributed by atoms with Gasteiger partial charge in [0, 0.05) is 17.1 Å². The Kier molecular flexibility index (Phi) is 4.51. The molecule has 1 aromatic rings. The molecule has 0 aliphatic heterocycles. The Bertz CT molecular complexity index is 399. The van der Waals surface area contributed by atoms with Gasteiger partial charge in [-0.3, -0.25) is 4.79 Å². The van der Waals surface area contributed by atoms with Crippen LogP contribution in [0.15, 0.2) is 11.2 Å². The fraction of sp³-hybridized carbons (Fsp3) is 0.583. The van der Waals surface area contributed by atoms with Crippen molar-refractivity contribution in [3.63, 3.8) is 0 Å². The van der Waals surface area contributed by atoms with Crippen LogP contribution < -0.4 is 0 Å². The quantitative estimate of drug-likeness (QED) is 0.646. The summed E-state index contributed by atoms with van der Waals surface area (Å²) >= 11 is 1.51. The minimum Gasteiger partial charge on any atom is -0.481 e. The van der Waals surface area contributed by atoms with Crippen LogP contribution in [-0.2, 0) is 4.79 Å². The Labute approximate surface area is 106 Å². The first-order valence-corrected chi connectivity index (χ1v) is 6.48. The zero-order valence-electron chi connectivity index (χ0n) is 10.6. The van der Waals surface area contributed by atoms with Crippen LogP contribution in [-0.4, -0.2) is 26.8 Å². The van der Waals surface area contributed by atoms with E-state index in [1.807, 2.05) is 19.9 Å². The number of carboxylic acids is 1. The van der Waals surface area contributed by atoms with Crippen molar-refractivity contribution in [2.45, 2.75) is 39.3 Å². The molecule has 0 unspecified atom stereocenters. The molecular weight excluding hydrogens is 236 g/mol. The highest BCUT2D eigenvalue weighted by atomic mass is 32.2. The maximum Gasteiger partial charge on any atom is 0.309 e. The summed E-state index contributed by atoms with van der Waals surface area (Å²) in [6.45, 7) is 7.33. The van der Waals surface area contributed by atoms with E-state index in [0.29, 0.717) is 12.2 Å². The summed E-state index contributed by atoms with van der Waals surface area (Å²) in [5.74, 6) is -0.0539. The summed E-state index contributed by atoms with van der Waals surface area (Å²) in [5, 5.41) is 9.71. The molecule has 1 N–H and O–H groups in total. The number of hydrogen-bond acceptors (Lipinski definition) is 4. The van der Waals surface area contributed by atoms with Gasteiger partial charge in [0.1, 0.15) is 0 Å². The lowest BCUT2D eigenvalue weighted by molar-refractivity contribution is -0.146. The number of nitrogens with zero attached hydrogens (tertiary/aromatic N) is 2. The standard InChI is InChI=1S/C12H18N2O2S/c1-8-7-9(2)14-11(13-8)17-6-5-12(3,4)10(15)16/h7H,5-6H2,1-4H3,(H,15,16). The molecule has 0 aliphatic carbocycles. The van der Waals surface area contributed by atoms with Crippen LogP contribution in [0.4, 0.5) is 0 Å². The molecule has 0 atom stereocenters. The van der Waals surface area contributed by atoms with E-state index < -0.39 is 11.4 Å². The van der Waals surface area contributed by atoms with Crippen LogP contribution in [0.25, 0.3) is 0 Å². The lowest BCUT2D eigenvalue weighted by Gasteiger charge is -2.17. The fourth-order valence-corrected chi connectivity index (χ4v) is 2.47. The SMILES string of the molecule is Cc1cc(C)nc(SCCC(C)(C)C(=O)O)n1. The minimum atomic E-state index is -0.764. The van der Waals surface area contributed by atoms with Crippen LogP contribution in [0.1, 0.15) is 31.7 Å². The van der Waals surface area contributed by atoms with Crippen molar-refractivity contribution in [1.29, 1.82) is 0 Å². The lowest BCUT2D eigenvalue weighted by atomic mass is 9.91. The van der Waals surface area contributed by atoms with Gasteiger partial charge in [0.2, 0.25) is 0 Å². The van der Waals surface area contributed by atoms with Gasteiger partial charge >= 0.3 is 5.97 Å². The fourth-order valence-electron chi connectivity index (χ4n) is 1.26. The molecule has 0 fully saturated rings. The zero-order valence-corrected chi connectivity index (χ0v) is 11.5. The third-order valence-electron chi connectivity index (χ3n) is 2.50. The summed E-state index contributed by atoms with van der Waals surface area (Å²) in [5.41, 5.74) is 1.20. The molecule has 1 heterocycles. The molecule has 94 valence electrons. The van der Waals surface area contributed by atoms with E-state index in [4.69, 9.17) is 5.11 Å². The van der Waals surface area contributed by atoms with Crippen molar-refractivity contribution < 1.29 is 9.90 Å². The maximum atomic E-state index is 10.9. The molecule has 4 nitrogen and oxygen atoms in total. The molecule has 0 radical (unpaired) electrons. The monoisotopic (exact) mass is 254 g/mol. The molecule has 1 rings (SSSR count). The average Bonchev–Trinajstić information content (AvgIpc) is 2.15. The van der Waals surface area contributed by atoms with Crippen LogP contribution in [0.5, 0.6) is 0 Å². The van der Waals surface area contributed by atoms with Crippen molar-refractivity contribution in [3.8, 4) is 0 Å². The first-order chi connectivity index (χ1) is 7.81. The van der Waals surface area contributed by atoms with Crippen molar-refractivity contribution >= 4 is 17.7 Å². The second-order valence-electron chi connectivity index (χ2n) is 4.72. The number of aliphatic carboxylic acids is 1. The smallest absolute Gasteiger partial charge is 0.309 e. The van der Waals surface area contributed by atoms with Crippen molar-refractivity contribution in [2.24, 2.45) is 5.41 Å². The Morgan fingerprint density at radius 3 is 2.35 bits per heavy atom. The molecule has 0 saturated heterocycles. The number of aromatic nitrogens is 2. The van der Waals surface area contributed by atoms with Gasteiger partial charge in [0.25, 0.3) is 0 Å². The molecule has 0 saturated carbocycles. The summed E-state index contributed by atoms with van der Waals surface area (Å²) in [7, 11) is 0. The largest absolute Gasteiger partial charge is 0.481 e. The Morgan fingerprint density at radius 1 is 1.35 bits per heavy atom. The number of hydrogen-bond donors (Lipinski definition) is 1. The van der Waals surface area contributed by atoms with Crippen LogP contribution >= 0.6 is 11.8 Å². The van der Waals surface area contributed by atoms with E-state index in [-0.39, 0.29) is 0 Å². The van der Waals surface area contributed by atoms with E-state index in [0.717, 1.165) is 16.5 Å². The lowest BCUT2D eigenvalue weighted by Crippen LogP contribution is -2.24. The van der Waals surface area contributed by atoms with Gasteiger partial charge < -0.3 is 5.11 Å². The number of aryl methyl sites for hydroxylation is 2. The van der Waals surface area contributed by atoms with Crippen LogP contribution in [0, 0.1) is 19.3 Å². The van der Waals surface area contributed by atoms with Crippen molar-refractivity contribution in [2.75, 3.05) is 5.75 Å². The third kappa shape index (κ3) is 4.34. The normalized spacial score (nSPS) is 11.5. The molecule has 5 heteroatoms. The van der Waals surface area contributed by atoms with Gasteiger partial charge in [-0.05, 0) is 40.2 Å². The van der Waals surface area contributed by atoms with Gasteiger partial charge in [0.15, 0.2) is 5.16 Å². The number of carboxylic acid groups (broad SMARTS) is 1. The first kappa shape index (κ1) is 14.0. The van der Waals surface area contributed by atoms with Gasteiger partial charge in [0.05, 0.1) is 5.41 Å². The molecule has 0 aromatic carbocycles. The van der Waals surface area contributed by atoms with Crippen LogP contribution in [0.2, 0.25) is 0 Å². The Balaban J connectivity index is 2.54. The van der Waals surface area contributed by atoms with Crippen LogP contribution in [0.3, 0.4) is 0 Å². The summed E-state index contributed by atoms with van der Waals surface area (Å²) in [6.07, 6.45) is 0.601. The predicted octanol–water partition coefficient (Wildman–Crippen LogP) is 2.69. The van der Waals surface area contributed by atoms with E-state index in [9.17, 15) is 4.79 Å². The average molecular weight is 254 g/mol. The molecule has 0 spiro atoms. The molecule has 0 bridgehead atoms. The second-order valence-corrected chi connectivity index (χ2v) is 5.78. The van der Waals surface area contributed by atoms with E-state index in [1.54, 1.807) is 13.8 Å². The van der Waals surface area contributed by atoms with Gasteiger partial charge in [-0.2, -0.15) is 0 Å². The van der Waals surface area contributed by atoms with Gasteiger partial charge in [-0.15, -0.1) is 0 Å². The topological polar surface area (TPSA) is 63.1 Å². The molecular formula is C12H18N2O2S. The summed E-state index contributed by atoms with van der Waals surface area (Å²) in [6, 6.07) is 1.92. The van der Waals surface area contributed by atoms with Gasteiger partial charge in [-0.25, -0.2) is 9.97 Å². The molecule has 1 aromatic heterocycles. The van der Waals surface area contributed by atoms with Crippen molar-refractivity contribution in [1.82, 2.24) is 9.97 Å². The molecule has 0 amide bonds. The maximum absolute atomic E-state index is 10.9. The summed E-state index contributed by atoms with van der Waals surface area (Å²) in [4.78, 5) is 19.5. The predicted molar refractivity (Wildman–Crippen MR) is 68.3 cm³/mol.